The number of hydrogen-bond donors (Lipinski definition) is 1. The number of carbonyl (C=O) groups is 2. The number of aliphatic carboxylic acids is 1. The third-order valence-corrected chi connectivity index (χ3v) is 8.38. The highest BCUT2D eigenvalue weighted by molar-refractivity contribution is 7.89. The van der Waals surface area contributed by atoms with Crippen LogP contribution in [0.25, 0.3) is 10.8 Å². The van der Waals surface area contributed by atoms with Gasteiger partial charge in [-0.1, -0.05) is 44.5 Å². The van der Waals surface area contributed by atoms with Gasteiger partial charge in [-0.05, 0) is 65.4 Å². The van der Waals surface area contributed by atoms with Crippen molar-refractivity contribution in [2.45, 2.75) is 57.1 Å². The molecule has 192 valence electrons. The minimum Gasteiger partial charge on any atom is -0.480 e. The molecule has 1 aromatic heterocycles. The van der Waals surface area contributed by atoms with Gasteiger partial charge in [0.2, 0.25) is 15.9 Å². The lowest BCUT2D eigenvalue weighted by Crippen LogP contribution is -2.49. The van der Waals surface area contributed by atoms with Crippen LogP contribution >= 0.6 is 11.6 Å². The minimum atomic E-state index is -4.15. The molecule has 0 saturated carbocycles. The minimum absolute atomic E-state index is 0.0274. The quantitative estimate of drug-likeness (QED) is 0.448. The monoisotopic (exact) mass is 532 g/mol. The number of sulfonamides is 1. The van der Waals surface area contributed by atoms with Crippen molar-refractivity contribution in [2.75, 3.05) is 6.54 Å². The number of carboxylic acids is 1. The first-order valence-electron chi connectivity index (χ1n) is 11.6. The third kappa shape index (κ3) is 5.43. The lowest BCUT2D eigenvalue weighted by Gasteiger charge is -2.31. The summed E-state index contributed by atoms with van der Waals surface area (Å²) in [5.41, 5.74) is -0.338. The topological polar surface area (TPSA) is 108 Å². The second-order valence-electron chi connectivity index (χ2n) is 10.2. The number of amides is 1. The van der Waals surface area contributed by atoms with Crippen LogP contribution in [-0.4, -0.2) is 53.2 Å². The van der Waals surface area contributed by atoms with E-state index in [0.29, 0.717) is 16.2 Å². The summed E-state index contributed by atoms with van der Waals surface area (Å²) >= 11 is 6.06. The summed E-state index contributed by atoms with van der Waals surface area (Å²) in [6, 6.07) is 11.1. The summed E-state index contributed by atoms with van der Waals surface area (Å²) in [5, 5.41) is 11.9. The Kier molecular flexibility index (Phi) is 7.19. The van der Waals surface area contributed by atoms with Gasteiger partial charge >= 0.3 is 5.97 Å². The third-order valence-electron chi connectivity index (χ3n) is 6.30. The second-order valence-corrected chi connectivity index (χ2v) is 12.6. The van der Waals surface area contributed by atoms with Gasteiger partial charge in [-0.3, -0.25) is 4.79 Å². The van der Waals surface area contributed by atoms with E-state index in [1.54, 1.807) is 42.5 Å². The van der Waals surface area contributed by atoms with Crippen molar-refractivity contribution in [1.29, 1.82) is 0 Å². The summed E-state index contributed by atoms with van der Waals surface area (Å²) in [7, 11) is -4.15. The Morgan fingerprint density at radius 3 is 2.53 bits per heavy atom. The van der Waals surface area contributed by atoms with Gasteiger partial charge in [-0.25, -0.2) is 13.2 Å². The molecule has 0 spiro atoms. The molecule has 0 radical (unpaired) electrons. The normalized spacial score (nSPS) is 17.8. The van der Waals surface area contributed by atoms with E-state index in [4.69, 9.17) is 16.0 Å². The van der Waals surface area contributed by atoms with E-state index in [1.807, 2.05) is 20.8 Å². The number of carboxylic acid groups (broad SMARTS) is 1. The molecule has 4 rings (SSSR count). The molecule has 0 aliphatic carbocycles. The summed E-state index contributed by atoms with van der Waals surface area (Å²) in [4.78, 5) is 26.9. The summed E-state index contributed by atoms with van der Waals surface area (Å²) < 4.78 is 34.4. The van der Waals surface area contributed by atoms with Crippen molar-refractivity contribution in [3.05, 3.63) is 65.6 Å². The van der Waals surface area contributed by atoms with Crippen LogP contribution in [0.15, 0.2) is 64.1 Å². The Bertz CT molecular complexity index is 1380. The molecule has 1 fully saturated rings. The fourth-order valence-electron chi connectivity index (χ4n) is 4.58. The standard InChI is InChI=1S/C26H29ClN2O6S/c1-26(2,3)15-23(25(31)32)28-11-10-22(24(28)30)29(16-20-5-4-12-35-20)36(33,34)21-9-7-17-13-19(27)8-6-18(17)14-21/h4-9,12-14,22-23H,10-11,15-16H2,1-3H3,(H,31,32)/t22-,23-/m0/s1. The predicted molar refractivity (Wildman–Crippen MR) is 136 cm³/mol. The highest BCUT2D eigenvalue weighted by atomic mass is 35.5. The molecular formula is C26H29ClN2O6S. The van der Waals surface area contributed by atoms with Crippen molar-refractivity contribution in [2.24, 2.45) is 5.41 Å². The first-order valence-corrected chi connectivity index (χ1v) is 13.5. The molecule has 2 aromatic carbocycles. The Balaban J connectivity index is 1.71. The van der Waals surface area contributed by atoms with Crippen LogP contribution in [0.4, 0.5) is 0 Å². The second kappa shape index (κ2) is 9.88. The SMILES string of the molecule is CC(C)(C)C[C@@H](C(=O)O)N1CC[C@H](N(Cc2ccco2)S(=O)(=O)c2ccc3cc(Cl)ccc3c2)C1=O. The molecule has 0 unspecified atom stereocenters. The van der Waals surface area contributed by atoms with Crippen LogP contribution in [-0.2, 0) is 26.2 Å². The zero-order chi connectivity index (χ0) is 26.3. The molecule has 8 nitrogen and oxygen atoms in total. The Labute approximate surface area is 215 Å². The van der Waals surface area contributed by atoms with E-state index in [9.17, 15) is 23.1 Å². The summed E-state index contributed by atoms with van der Waals surface area (Å²) in [5.74, 6) is -1.25. The van der Waals surface area contributed by atoms with Crippen molar-refractivity contribution < 1.29 is 27.5 Å². The number of fused-ring (bicyclic) bond motifs is 1. The molecular weight excluding hydrogens is 504 g/mol. The first kappa shape index (κ1) is 26.2. The van der Waals surface area contributed by atoms with Crippen LogP contribution < -0.4 is 0 Å². The average Bonchev–Trinajstić information content (AvgIpc) is 3.44. The number of nitrogens with zero attached hydrogens (tertiary/aromatic N) is 2. The highest BCUT2D eigenvalue weighted by Crippen LogP contribution is 2.32. The van der Waals surface area contributed by atoms with Gasteiger partial charge in [0.05, 0.1) is 17.7 Å². The van der Waals surface area contributed by atoms with E-state index in [1.165, 1.54) is 17.2 Å². The Morgan fingerprint density at radius 2 is 1.89 bits per heavy atom. The first-order chi connectivity index (χ1) is 16.9. The molecule has 0 bridgehead atoms. The number of furan rings is 1. The van der Waals surface area contributed by atoms with Gasteiger partial charge in [0.25, 0.3) is 0 Å². The number of hydrogen-bond acceptors (Lipinski definition) is 5. The molecule has 2 atom stereocenters. The van der Waals surface area contributed by atoms with E-state index in [2.05, 4.69) is 0 Å². The smallest absolute Gasteiger partial charge is 0.326 e. The highest BCUT2D eigenvalue weighted by Gasteiger charge is 2.46. The van der Waals surface area contributed by atoms with Gasteiger partial charge < -0.3 is 14.4 Å². The maximum atomic E-state index is 13.9. The number of rotatable bonds is 8. The zero-order valence-electron chi connectivity index (χ0n) is 20.3. The molecule has 1 N–H and O–H groups in total. The number of likely N-dealkylation sites (tertiary alicyclic amines) is 1. The molecule has 3 aromatic rings. The number of benzene rings is 2. The van der Waals surface area contributed by atoms with E-state index in [-0.39, 0.29) is 36.2 Å². The molecule has 1 saturated heterocycles. The molecule has 2 heterocycles. The average molecular weight is 533 g/mol. The maximum absolute atomic E-state index is 13.9. The molecule has 36 heavy (non-hydrogen) atoms. The fraction of sp³-hybridized carbons (Fsp3) is 0.385. The van der Waals surface area contributed by atoms with Gasteiger partial charge in [0, 0.05) is 11.6 Å². The van der Waals surface area contributed by atoms with Gasteiger partial charge in [-0.15, -0.1) is 0 Å². The maximum Gasteiger partial charge on any atom is 0.326 e. The Morgan fingerprint density at radius 1 is 1.19 bits per heavy atom. The van der Waals surface area contributed by atoms with Crippen LogP contribution in [0, 0.1) is 5.41 Å². The molecule has 1 aliphatic heterocycles. The zero-order valence-corrected chi connectivity index (χ0v) is 21.9. The van der Waals surface area contributed by atoms with E-state index < -0.39 is 34.0 Å². The van der Waals surface area contributed by atoms with Gasteiger partial charge in [0.1, 0.15) is 17.8 Å². The van der Waals surface area contributed by atoms with Crippen molar-refractivity contribution in [1.82, 2.24) is 9.21 Å². The van der Waals surface area contributed by atoms with E-state index in [0.717, 1.165) is 9.69 Å². The molecule has 1 amide bonds. The lowest BCUT2D eigenvalue weighted by molar-refractivity contribution is -0.150. The predicted octanol–water partition coefficient (Wildman–Crippen LogP) is 4.77. The summed E-state index contributed by atoms with van der Waals surface area (Å²) in [6.07, 6.45) is 1.86. The van der Waals surface area contributed by atoms with Crippen LogP contribution in [0.1, 0.15) is 39.4 Å². The van der Waals surface area contributed by atoms with E-state index >= 15 is 0 Å². The number of halogens is 1. The van der Waals surface area contributed by atoms with Crippen molar-refractivity contribution >= 4 is 44.3 Å². The lowest BCUT2D eigenvalue weighted by atomic mass is 9.87. The van der Waals surface area contributed by atoms with Crippen molar-refractivity contribution in [3.8, 4) is 0 Å². The fourth-order valence-corrected chi connectivity index (χ4v) is 6.38. The van der Waals surface area contributed by atoms with Crippen molar-refractivity contribution in [3.63, 3.8) is 0 Å². The summed E-state index contributed by atoms with van der Waals surface area (Å²) in [6.45, 7) is 5.71. The van der Waals surface area contributed by atoms with Crippen LogP contribution in [0.2, 0.25) is 5.02 Å². The number of carbonyl (C=O) groups excluding carboxylic acids is 1. The molecule has 10 heteroatoms. The van der Waals surface area contributed by atoms with Gasteiger partial charge in [0.15, 0.2) is 0 Å². The molecule has 1 aliphatic rings. The Hall–Kier alpha value is -2.88. The largest absolute Gasteiger partial charge is 0.480 e. The van der Waals surface area contributed by atoms with Crippen LogP contribution in [0.3, 0.4) is 0 Å². The van der Waals surface area contributed by atoms with Gasteiger partial charge in [-0.2, -0.15) is 4.31 Å². The van der Waals surface area contributed by atoms with Crippen LogP contribution in [0.5, 0.6) is 0 Å².